The van der Waals surface area contributed by atoms with E-state index in [9.17, 15) is 4.39 Å². The van der Waals surface area contributed by atoms with E-state index in [2.05, 4.69) is 10.3 Å². The van der Waals surface area contributed by atoms with E-state index >= 15 is 0 Å². The highest BCUT2D eigenvalue weighted by atomic mass is 19.1. The third-order valence-corrected chi connectivity index (χ3v) is 3.93. The summed E-state index contributed by atoms with van der Waals surface area (Å²) in [6.07, 6.45) is 0.604. The normalized spacial score (nSPS) is 18.0. The highest BCUT2D eigenvalue weighted by molar-refractivity contribution is 5.78. The molecule has 2 atom stereocenters. The summed E-state index contributed by atoms with van der Waals surface area (Å²) in [5, 5.41) is 3.24. The van der Waals surface area contributed by atoms with Crippen molar-refractivity contribution in [1.82, 2.24) is 5.32 Å². The average molecular weight is 343 g/mol. The molecule has 2 aromatic carbocycles. The SMILES string of the molecule is CC(CN=C(N)NC1CCOc2ccccc21)Oc1cccc(F)c1. The van der Waals surface area contributed by atoms with Gasteiger partial charge in [0.1, 0.15) is 23.4 Å². The van der Waals surface area contributed by atoms with Crippen LogP contribution >= 0.6 is 0 Å². The molecule has 6 heteroatoms. The molecule has 1 aliphatic rings. The lowest BCUT2D eigenvalue weighted by molar-refractivity contribution is 0.229. The number of nitrogens with zero attached hydrogens (tertiary/aromatic N) is 1. The molecule has 0 saturated carbocycles. The van der Waals surface area contributed by atoms with Crippen molar-refractivity contribution in [2.24, 2.45) is 10.7 Å². The molecule has 3 N–H and O–H groups in total. The fourth-order valence-corrected chi connectivity index (χ4v) is 2.75. The summed E-state index contributed by atoms with van der Waals surface area (Å²) in [5.74, 6) is 1.39. The quantitative estimate of drug-likeness (QED) is 0.647. The summed E-state index contributed by atoms with van der Waals surface area (Å²) >= 11 is 0. The molecule has 0 radical (unpaired) electrons. The molecule has 0 saturated heterocycles. The number of nitrogens with two attached hydrogens (primary N) is 1. The van der Waals surface area contributed by atoms with Crippen LogP contribution < -0.4 is 20.5 Å². The summed E-state index contributed by atoms with van der Waals surface area (Å²) in [7, 11) is 0. The van der Waals surface area contributed by atoms with Crippen molar-refractivity contribution < 1.29 is 13.9 Å². The molecule has 3 rings (SSSR count). The topological polar surface area (TPSA) is 68.9 Å². The maximum absolute atomic E-state index is 13.2. The van der Waals surface area contributed by atoms with Crippen molar-refractivity contribution in [2.45, 2.75) is 25.5 Å². The van der Waals surface area contributed by atoms with Gasteiger partial charge in [0.05, 0.1) is 19.2 Å². The number of hydrogen-bond acceptors (Lipinski definition) is 3. The van der Waals surface area contributed by atoms with Gasteiger partial charge in [0.15, 0.2) is 5.96 Å². The third kappa shape index (κ3) is 4.62. The number of nitrogens with one attached hydrogen (secondary N) is 1. The standard InChI is InChI=1S/C19H22FN3O2/c1-13(25-15-6-4-5-14(20)11-15)12-22-19(21)23-17-9-10-24-18-8-3-2-7-16(17)18/h2-8,11,13,17H,9-10,12H2,1H3,(H3,21,22,23). The summed E-state index contributed by atoms with van der Waals surface area (Å²) in [6, 6.07) is 14.0. The van der Waals surface area contributed by atoms with Gasteiger partial charge in [-0.2, -0.15) is 0 Å². The van der Waals surface area contributed by atoms with Gasteiger partial charge in [-0.25, -0.2) is 9.38 Å². The van der Waals surface area contributed by atoms with Crippen LogP contribution in [0.3, 0.4) is 0 Å². The number of fused-ring (bicyclic) bond motifs is 1. The van der Waals surface area contributed by atoms with Gasteiger partial charge in [-0.1, -0.05) is 24.3 Å². The smallest absolute Gasteiger partial charge is 0.189 e. The van der Waals surface area contributed by atoms with Gasteiger partial charge >= 0.3 is 0 Å². The number of hydrogen-bond donors (Lipinski definition) is 2. The number of guanidine groups is 1. The molecule has 5 nitrogen and oxygen atoms in total. The first-order chi connectivity index (χ1) is 12.1. The minimum absolute atomic E-state index is 0.0770. The molecule has 25 heavy (non-hydrogen) atoms. The second-order valence-corrected chi connectivity index (χ2v) is 5.98. The molecule has 0 fully saturated rings. The number of benzene rings is 2. The van der Waals surface area contributed by atoms with Crippen molar-refractivity contribution in [3.63, 3.8) is 0 Å². The Kier molecular flexibility index (Phi) is 5.38. The van der Waals surface area contributed by atoms with Crippen LogP contribution in [0.4, 0.5) is 4.39 Å². The van der Waals surface area contributed by atoms with Crippen LogP contribution in [0.25, 0.3) is 0 Å². The first kappa shape index (κ1) is 17.1. The summed E-state index contributed by atoms with van der Waals surface area (Å²) in [4.78, 5) is 4.33. The van der Waals surface area contributed by atoms with Crippen LogP contribution in [-0.2, 0) is 0 Å². The first-order valence-corrected chi connectivity index (χ1v) is 8.32. The van der Waals surface area contributed by atoms with Crippen molar-refractivity contribution >= 4 is 5.96 Å². The largest absolute Gasteiger partial charge is 0.493 e. The Morgan fingerprint density at radius 2 is 2.20 bits per heavy atom. The molecule has 2 unspecified atom stereocenters. The predicted octanol–water partition coefficient (Wildman–Crippen LogP) is 3.02. The molecule has 2 aromatic rings. The summed E-state index contributed by atoms with van der Waals surface area (Å²) in [5.41, 5.74) is 7.09. The second-order valence-electron chi connectivity index (χ2n) is 5.98. The number of para-hydroxylation sites is 1. The van der Waals surface area contributed by atoms with E-state index < -0.39 is 0 Å². The Labute approximate surface area is 146 Å². The Hall–Kier alpha value is -2.76. The molecule has 0 bridgehead atoms. The predicted molar refractivity (Wildman–Crippen MR) is 95.4 cm³/mol. The zero-order chi connectivity index (χ0) is 17.6. The highest BCUT2D eigenvalue weighted by Gasteiger charge is 2.21. The Morgan fingerprint density at radius 1 is 1.36 bits per heavy atom. The van der Waals surface area contributed by atoms with Crippen molar-refractivity contribution in [2.75, 3.05) is 13.2 Å². The lowest BCUT2D eigenvalue weighted by Gasteiger charge is -2.27. The van der Waals surface area contributed by atoms with Gasteiger partial charge < -0.3 is 20.5 Å². The van der Waals surface area contributed by atoms with Crippen LogP contribution in [0.15, 0.2) is 53.5 Å². The van der Waals surface area contributed by atoms with Crippen LogP contribution in [-0.4, -0.2) is 25.2 Å². The molecule has 132 valence electrons. The van der Waals surface area contributed by atoms with Gasteiger partial charge in [0.2, 0.25) is 0 Å². The minimum Gasteiger partial charge on any atom is -0.493 e. The molecule has 0 spiro atoms. The van der Waals surface area contributed by atoms with Crippen LogP contribution in [0.1, 0.15) is 24.9 Å². The van der Waals surface area contributed by atoms with Gasteiger partial charge in [0, 0.05) is 18.1 Å². The van der Waals surface area contributed by atoms with E-state index in [1.807, 2.05) is 31.2 Å². The van der Waals surface area contributed by atoms with Crippen LogP contribution in [0.2, 0.25) is 0 Å². The minimum atomic E-state index is -0.326. The van der Waals surface area contributed by atoms with E-state index in [1.165, 1.54) is 12.1 Å². The van der Waals surface area contributed by atoms with E-state index in [-0.39, 0.29) is 18.0 Å². The second kappa shape index (κ2) is 7.88. The van der Waals surface area contributed by atoms with Gasteiger partial charge in [-0.05, 0) is 25.1 Å². The fraction of sp³-hybridized carbons (Fsp3) is 0.316. The maximum Gasteiger partial charge on any atom is 0.189 e. The molecule has 0 aromatic heterocycles. The number of rotatable bonds is 5. The zero-order valence-electron chi connectivity index (χ0n) is 14.1. The first-order valence-electron chi connectivity index (χ1n) is 8.32. The van der Waals surface area contributed by atoms with E-state index in [0.29, 0.717) is 24.9 Å². The van der Waals surface area contributed by atoms with Crippen LogP contribution in [0.5, 0.6) is 11.5 Å². The molecule has 0 amide bonds. The zero-order valence-corrected chi connectivity index (χ0v) is 14.1. The number of aliphatic imine (C=N–C) groups is 1. The Bertz CT molecular complexity index is 751. The van der Waals surface area contributed by atoms with Crippen molar-refractivity contribution in [3.8, 4) is 11.5 Å². The average Bonchev–Trinajstić information content (AvgIpc) is 2.60. The Morgan fingerprint density at radius 3 is 3.04 bits per heavy atom. The fourth-order valence-electron chi connectivity index (χ4n) is 2.75. The molecule has 0 aliphatic carbocycles. The molecular formula is C19H22FN3O2. The molecular weight excluding hydrogens is 321 g/mol. The lowest BCUT2D eigenvalue weighted by atomic mass is 10.0. The summed E-state index contributed by atoms with van der Waals surface area (Å²) in [6.45, 7) is 2.88. The molecule has 1 aliphatic heterocycles. The van der Waals surface area contributed by atoms with Gasteiger partial charge in [-0.3, -0.25) is 0 Å². The maximum atomic E-state index is 13.2. The van der Waals surface area contributed by atoms with E-state index in [4.69, 9.17) is 15.2 Å². The van der Waals surface area contributed by atoms with Gasteiger partial charge in [0.25, 0.3) is 0 Å². The van der Waals surface area contributed by atoms with Crippen LogP contribution in [0, 0.1) is 5.82 Å². The number of halogens is 1. The van der Waals surface area contributed by atoms with Gasteiger partial charge in [-0.15, -0.1) is 0 Å². The van der Waals surface area contributed by atoms with Crippen molar-refractivity contribution in [3.05, 3.63) is 59.9 Å². The molecule has 1 heterocycles. The Balaban J connectivity index is 1.55. The van der Waals surface area contributed by atoms with E-state index in [1.54, 1.807) is 12.1 Å². The third-order valence-electron chi connectivity index (χ3n) is 3.93. The van der Waals surface area contributed by atoms with Crippen molar-refractivity contribution in [1.29, 1.82) is 0 Å². The summed E-state index contributed by atoms with van der Waals surface area (Å²) < 4.78 is 24.4. The van der Waals surface area contributed by atoms with E-state index in [0.717, 1.165) is 17.7 Å². The monoisotopic (exact) mass is 343 g/mol. The number of ether oxygens (including phenoxy) is 2. The highest BCUT2D eigenvalue weighted by Crippen LogP contribution is 2.31. The lowest BCUT2D eigenvalue weighted by Crippen LogP contribution is -2.38.